The minimum absolute atomic E-state index is 0.650. The maximum Gasteiger partial charge on any atom is 0.205 e. The Hall–Kier alpha value is -2.20. The van der Waals surface area contributed by atoms with Crippen molar-refractivity contribution in [2.75, 3.05) is 11.1 Å². The molecule has 0 saturated carbocycles. The van der Waals surface area contributed by atoms with Gasteiger partial charge in [0.05, 0.1) is 21.7 Å². The number of nitrogen functional groups attached to an aromatic ring is 1. The number of anilines is 3. The van der Waals surface area contributed by atoms with E-state index in [2.05, 4.69) is 15.3 Å². The molecule has 4 N–H and O–H groups in total. The normalized spacial score (nSPS) is 10.8. The number of aromatic amines is 1. The van der Waals surface area contributed by atoms with Crippen molar-refractivity contribution in [3.05, 3.63) is 47.0 Å². The quantitative estimate of drug-likeness (QED) is 0.621. The van der Waals surface area contributed by atoms with Gasteiger partial charge in [-0.25, -0.2) is 4.98 Å². The van der Waals surface area contributed by atoms with Crippen LogP contribution in [0.4, 0.5) is 17.3 Å². The van der Waals surface area contributed by atoms with E-state index in [0.717, 1.165) is 22.3 Å². The van der Waals surface area contributed by atoms with Gasteiger partial charge in [0.2, 0.25) is 5.95 Å². The van der Waals surface area contributed by atoms with Gasteiger partial charge >= 0.3 is 0 Å². The SMILES string of the molecule is Cc1cccc(Cl)c1Nc1nc2ccc(N)cc2[nH]1. The number of H-pyrrole nitrogens is 1. The number of imidazole rings is 1. The standard InChI is InChI=1S/C14H13ClN4/c1-8-3-2-4-10(15)13(8)19-14-17-11-6-5-9(16)7-12(11)18-14/h2-7H,16H2,1H3,(H2,17,18,19). The molecule has 2 aromatic carbocycles. The third-order valence-electron chi connectivity index (χ3n) is 2.97. The predicted octanol–water partition coefficient (Wildman–Crippen LogP) is 3.85. The van der Waals surface area contributed by atoms with Gasteiger partial charge in [-0.2, -0.15) is 0 Å². The van der Waals surface area contributed by atoms with Crippen LogP contribution in [-0.4, -0.2) is 9.97 Å². The lowest BCUT2D eigenvalue weighted by Gasteiger charge is -2.08. The number of benzene rings is 2. The average molecular weight is 273 g/mol. The van der Waals surface area contributed by atoms with Crippen LogP contribution in [0.25, 0.3) is 11.0 Å². The van der Waals surface area contributed by atoms with Crippen LogP contribution in [0.2, 0.25) is 5.02 Å². The number of para-hydroxylation sites is 1. The fourth-order valence-electron chi connectivity index (χ4n) is 2.00. The topological polar surface area (TPSA) is 66.7 Å². The summed E-state index contributed by atoms with van der Waals surface area (Å²) in [7, 11) is 0. The van der Waals surface area contributed by atoms with Gasteiger partial charge < -0.3 is 16.0 Å². The maximum absolute atomic E-state index is 6.18. The highest BCUT2D eigenvalue weighted by atomic mass is 35.5. The van der Waals surface area contributed by atoms with Crippen LogP contribution in [-0.2, 0) is 0 Å². The van der Waals surface area contributed by atoms with E-state index >= 15 is 0 Å². The Bertz CT molecular complexity index is 728. The predicted molar refractivity (Wildman–Crippen MR) is 80.0 cm³/mol. The average Bonchev–Trinajstić information content (AvgIpc) is 2.75. The summed E-state index contributed by atoms with van der Waals surface area (Å²) in [6, 6.07) is 11.3. The van der Waals surface area contributed by atoms with Crippen molar-refractivity contribution in [2.24, 2.45) is 0 Å². The molecule has 3 rings (SSSR count). The van der Waals surface area contributed by atoms with Crippen molar-refractivity contribution in [3.8, 4) is 0 Å². The molecule has 19 heavy (non-hydrogen) atoms. The fourth-order valence-corrected chi connectivity index (χ4v) is 2.26. The first-order valence-electron chi connectivity index (χ1n) is 5.91. The fraction of sp³-hybridized carbons (Fsp3) is 0.0714. The molecule has 0 unspecified atom stereocenters. The summed E-state index contributed by atoms with van der Waals surface area (Å²) in [5, 5.41) is 3.88. The first kappa shape index (κ1) is 11.9. The maximum atomic E-state index is 6.18. The highest BCUT2D eigenvalue weighted by molar-refractivity contribution is 6.33. The van der Waals surface area contributed by atoms with Crippen LogP contribution < -0.4 is 11.1 Å². The van der Waals surface area contributed by atoms with Crippen molar-refractivity contribution in [1.29, 1.82) is 0 Å². The van der Waals surface area contributed by atoms with Gasteiger partial charge in [-0.05, 0) is 36.8 Å². The molecule has 3 aromatic rings. The number of hydrogen-bond acceptors (Lipinski definition) is 3. The van der Waals surface area contributed by atoms with E-state index in [1.54, 1.807) is 0 Å². The van der Waals surface area contributed by atoms with E-state index < -0.39 is 0 Å². The van der Waals surface area contributed by atoms with E-state index in [1.165, 1.54) is 0 Å². The summed E-state index contributed by atoms with van der Waals surface area (Å²) in [4.78, 5) is 7.63. The summed E-state index contributed by atoms with van der Waals surface area (Å²) < 4.78 is 0. The Kier molecular flexibility index (Phi) is 2.80. The lowest BCUT2D eigenvalue weighted by Crippen LogP contribution is -1.95. The zero-order valence-electron chi connectivity index (χ0n) is 10.4. The van der Waals surface area contributed by atoms with Gasteiger partial charge in [0.25, 0.3) is 0 Å². The second kappa shape index (κ2) is 4.48. The third-order valence-corrected chi connectivity index (χ3v) is 3.29. The summed E-state index contributed by atoms with van der Waals surface area (Å²) in [5.41, 5.74) is 10.1. The molecule has 0 saturated heterocycles. The number of aryl methyl sites for hydroxylation is 1. The molecule has 0 bridgehead atoms. The number of rotatable bonds is 2. The summed E-state index contributed by atoms with van der Waals surface area (Å²) in [5.74, 6) is 0.650. The van der Waals surface area contributed by atoms with Crippen LogP contribution in [0.1, 0.15) is 5.56 Å². The molecule has 0 spiro atoms. The lowest BCUT2D eigenvalue weighted by atomic mass is 10.2. The highest BCUT2D eigenvalue weighted by Crippen LogP contribution is 2.28. The molecule has 5 heteroatoms. The number of nitrogens with one attached hydrogen (secondary N) is 2. The zero-order valence-corrected chi connectivity index (χ0v) is 11.1. The second-order valence-electron chi connectivity index (χ2n) is 4.42. The van der Waals surface area contributed by atoms with Crippen LogP contribution in [0, 0.1) is 6.92 Å². The van der Waals surface area contributed by atoms with Crippen LogP contribution >= 0.6 is 11.6 Å². The molecule has 0 radical (unpaired) electrons. The number of nitrogens with zero attached hydrogens (tertiary/aromatic N) is 1. The lowest BCUT2D eigenvalue weighted by molar-refractivity contribution is 1.29. The Morgan fingerprint density at radius 3 is 2.89 bits per heavy atom. The van der Waals surface area contributed by atoms with E-state index in [-0.39, 0.29) is 0 Å². The zero-order chi connectivity index (χ0) is 13.4. The molecule has 4 nitrogen and oxygen atoms in total. The molecular weight excluding hydrogens is 260 g/mol. The van der Waals surface area contributed by atoms with Gasteiger partial charge in [0, 0.05) is 5.69 Å². The van der Waals surface area contributed by atoms with Crippen molar-refractivity contribution in [1.82, 2.24) is 9.97 Å². The largest absolute Gasteiger partial charge is 0.399 e. The Balaban J connectivity index is 2.01. The van der Waals surface area contributed by atoms with Gasteiger partial charge in [-0.15, -0.1) is 0 Å². The van der Waals surface area contributed by atoms with Crippen LogP contribution in [0.15, 0.2) is 36.4 Å². The van der Waals surface area contributed by atoms with Gasteiger partial charge in [-0.1, -0.05) is 23.7 Å². The molecule has 0 aliphatic rings. The van der Waals surface area contributed by atoms with Gasteiger partial charge in [0.15, 0.2) is 0 Å². The summed E-state index contributed by atoms with van der Waals surface area (Å²) >= 11 is 6.18. The second-order valence-corrected chi connectivity index (χ2v) is 4.83. The number of hydrogen-bond donors (Lipinski definition) is 3. The minimum Gasteiger partial charge on any atom is -0.399 e. The molecule has 0 aliphatic heterocycles. The number of aromatic nitrogens is 2. The van der Waals surface area contributed by atoms with Crippen LogP contribution in [0.3, 0.4) is 0 Å². The first-order valence-corrected chi connectivity index (χ1v) is 6.28. The van der Waals surface area contributed by atoms with E-state index in [1.807, 2.05) is 43.3 Å². The number of nitrogens with two attached hydrogens (primary N) is 1. The van der Waals surface area contributed by atoms with Crippen molar-refractivity contribution in [2.45, 2.75) is 6.92 Å². The number of fused-ring (bicyclic) bond motifs is 1. The Morgan fingerprint density at radius 1 is 1.26 bits per heavy atom. The molecule has 1 heterocycles. The molecule has 1 aromatic heterocycles. The molecule has 0 aliphatic carbocycles. The van der Waals surface area contributed by atoms with E-state index in [0.29, 0.717) is 16.7 Å². The highest BCUT2D eigenvalue weighted by Gasteiger charge is 2.07. The summed E-state index contributed by atoms with van der Waals surface area (Å²) in [6.45, 7) is 1.99. The third kappa shape index (κ3) is 2.22. The van der Waals surface area contributed by atoms with Crippen molar-refractivity contribution < 1.29 is 0 Å². The van der Waals surface area contributed by atoms with Crippen LogP contribution in [0.5, 0.6) is 0 Å². The van der Waals surface area contributed by atoms with E-state index in [9.17, 15) is 0 Å². The smallest absolute Gasteiger partial charge is 0.205 e. The Labute approximate surface area is 115 Å². The molecule has 0 fully saturated rings. The Morgan fingerprint density at radius 2 is 2.11 bits per heavy atom. The van der Waals surface area contributed by atoms with Crippen molar-refractivity contribution in [3.63, 3.8) is 0 Å². The molecule has 96 valence electrons. The van der Waals surface area contributed by atoms with Gasteiger partial charge in [0.1, 0.15) is 0 Å². The summed E-state index contributed by atoms with van der Waals surface area (Å²) in [6.07, 6.45) is 0. The molecule has 0 atom stereocenters. The molecular formula is C14H13ClN4. The molecule has 0 amide bonds. The van der Waals surface area contributed by atoms with Crippen molar-refractivity contribution >= 4 is 40.0 Å². The number of halogens is 1. The first-order chi connectivity index (χ1) is 9.13. The minimum atomic E-state index is 0.650. The van der Waals surface area contributed by atoms with E-state index in [4.69, 9.17) is 17.3 Å². The monoisotopic (exact) mass is 272 g/mol. The van der Waals surface area contributed by atoms with Gasteiger partial charge in [-0.3, -0.25) is 0 Å².